The minimum atomic E-state index is -3.85. The second kappa shape index (κ2) is 6.71. The zero-order valence-electron chi connectivity index (χ0n) is 11.7. The number of sulfonamides is 1. The molecule has 0 aliphatic carbocycles. The van der Waals surface area contributed by atoms with Gasteiger partial charge in [0.1, 0.15) is 12.4 Å². The Bertz CT molecular complexity index is 553. The molecule has 112 valence electrons. The van der Waals surface area contributed by atoms with E-state index in [1.165, 1.54) is 7.05 Å². The Morgan fingerprint density at radius 1 is 1.35 bits per heavy atom. The lowest BCUT2D eigenvalue weighted by molar-refractivity contribution is -0.136. The molecule has 1 aromatic rings. The van der Waals surface area contributed by atoms with Crippen LogP contribution >= 0.6 is 0 Å². The fourth-order valence-electron chi connectivity index (χ4n) is 1.45. The smallest absolute Gasteiger partial charge is 0.323 e. The summed E-state index contributed by atoms with van der Waals surface area (Å²) >= 11 is 0. The van der Waals surface area contributed by atoms with E-state index in [4.69, 9.17) is 9.84 Å². The summed E-state index contributed by atoms with van der Waals surface area (Å²) in [5.74, 6) is -0.719. The summed E-state index contributed by atoms with van der Waals surface area (Å²) in [6, 6.07) is 7.37. The lowest BCUT2D eigenvalue weighted by atomic mass is 10.2. The standard InChI is InChI=1S/C13H19NO5S/c1-10-4-6-12(7-5-10)19-9-8-14(3)20(17,18)11(2)13(15)16/h4-7,11H,8-9H2,1-3H3,(H,15,16). The Morgan fingerprint density at radius 2 is 1.90 bits per heavy atom. The Morgan fingerprint density at radius 3 is 2.40 bits per heavy atom. The third-order valence-corrected chi connectivity index (χ3v) is 5.07. The van der Waals surface area contributed by atoms with Crippen molar-refractivity contribution in [3.8, 4) is 5.75 Å². The molecule has 1 rings (SSSR count). The van der Waals surface area contributed by atoms with Gasteiger partial charge in [0, 0.05) is 13.6 Å². The molecule has 6 nitrogen and oxygen atoms in total. The van der Waals surface area contributed by atoms with Crippen LogP contribution in [-0.4, -0.2) is 49.2 Å². The van der Waals surface area contributed by atoms with Crippen LogP contribution in [0.3, 0.4) is 0 Å². The van der Waals surface area contributed by atoms with Gasteiger partial charge in [-0.25, -0.2) is 12.7 Å². The van der Waals surface area contributed by atoms with E-state index < -0.39 is 21.2 Å². The van der Waals surface area contributed by atoms with Crippen molar-refractivity contribution in [1.29, 1.82) is 0 Å². The molecule has 0 saturated carbocycles. The van der Waals surface area contributed by atoms with Crippen LogP contribution < -0.4 is 4.74 Å². The van der Waals surface area contributed by atoms with E-state index in [1.54, 1.807) is 12.1 Å². The second-order valence-electron chi connectivity index (χ2n) is 4.51. The molecule has 1 unspecified atom stereocenters. The lowest BCUT2D eigenvalue weighted by Crippen LogP contribution is -2.40. The number of hydrogen-bond acceptors (Lipinski definition) is 4. The summed E-state index contributed by atoms with van der Waals surface area (Å²) in [7, 11) is -2.51. The van der Waals surface area contributed by atoms with Crippen LogP contribution in [-0.2, 0) is 14.8 Å². The highest BCUT2D eigenvalue weighted by Gasteiger charge is 2.31. The zero-order valence-corrected chi connectivity index (χ0v) is 12.6. The number of aliphatic carboxylic acids is 1. The van der Waals surface area contributed by atoms with Crippen LogP contribution in [0.25, 0.3) is 0 Å². The first-order chi connectivity index (χ1) is 9.25. The number of carbonyl (C=O) groups is 1. The lowest BCUT2D eigenvalue weighted by Gasteiger charge is -2.19. The molecule has 0 aliphatic heterocycles. The molecule has 0 spiro atoms. The van der Waals surface area contributed by atoms with Crippen molar-refractivity contribution in [2.75, 3.05) is 20.2 Å². The number of hydrogen-bond donors (Lipinski definition) is 1. The largest absolute Gasteiger partial charge is 0.492 e. The van der Waals surface area contributed by atoms with Crippen LogP contribution in [0.2, 0.25) is 0 Å². The molecule has 0 bridgehead atoms. The van der Waals surface area contributed by atoms with Crippen LogP contribution in [0.1, 0.15) is 12.5 Å². The van der Waals surface area contributed by atoms with Gasteiger partial charge in [-0.15, -0.1) is 0 Å². The van der Waals surface area contributed by atoms with Gasteiger partial charge in [0.2, 0.25) is 10.0 Å². The summed E-state index contributed by atoms with van der Waals surface area (Å²) in [4.78, 5) is 10.7. The van der Waals surface area contributed by atoms with Crippen LogP contribution in [0, 0.1) is 6.92 Å². The van der Waals surface area contributed by atoms with E-state index in [-0.39, 0.29) is 13.2 Å². The maximum absolute atomic E-state index is 11.8. The average Bonchev–Trinajstić information content (AvgIpc) is 2.39. The average molecular weight is 301 g/mol. The normalized spacial score (nSPS) is 13.2. The molecule has 1 aromatic carbocycles. The van der Waals surface area contributed by atoms with Gasteiger partial charge in [0.25, 0.3) is 0 Å². The first-order valence-corrected chi connectivity index (χ1v) is 7.63. The van der Waals surface area contributed by atoms with Crippen molar-refractivity contribution in [3.63, 3.8) is 0 Å². The fraction of sp³-hybridized carbons (Fsp3) is 0.462. The van der Waals surface area contributed by atoms with Gasteiger partial charge in [-0.3, -0.25) is 4.79 Å². The van der Waals surface area contributed by atoms with Gasteiger partial charge >= 0.3 is 5.97 Å². The highest BCUT2D eigenvalue weighted by Crippen LogP contribution is 2.12. The van der Waals surface area contributed by atoms with Crippen molar-refractivity contribution >= 4 is 16.0 Å². The molecule has 0 fully saturated rings. The predicted molar refractivity (Wildman–Crippen MR) is 75.3 cm³/mol. The zero-order chi connectivity index (χ0) is 15.3. The van der Waals surface area contributed by atoms with Crippen molar-refractivity contribution in [2.45, 2.75) is 19.1 Å². The minimum absolute atomic E-state index is 0.0911. The number of rotatable bonds is 7. The SMILES string of the molecule is Cc1ccc(OCCN(C)S(=O)(=O)C(C)C(=O)O)cc1. The summed E-state index contributed by atoms with van der Waals surface area (Å²) in [5, 5.41) is 7.29. The molecule has 0 heterocycles. The van der Waals surface area contributed by atoms with E-state index in [0.29, 0.717) is 5.75 Å². The molecule has 0 radical (unpaired) electrons. The van der Waals surface area contributed by atoms with Gasteiger partial charge < -0.3 is 9.84 Å². The second-order valence-corrected chi connectivity index (χ2v) is 6.87. The molecule has 0 amide bonds. The Labute approximate surface area is 119 Å². The third kappa shape index (κ3) is 4.21. The number of nitrogens with zero attached hydrogens (tertiary/aromatic N) is 1. The van der Waals surface area contributed by atoms with Crippen molar-refractivity contribution < 1.29 is 23.1 Å². The van der Waals surface area contributed by atoms with Crippen LogP contribution in [0.4, 0.5) is 0 Å². The molecule has 20 heavy (non-hydrogen) atoms. The number of aryl methyl sites for hydroxylation is 1. The third-order valence-electron chi connectivity index (χ3n) is 2.92. The molecule has 1 atom stereocenters. The van der Waals surface area contributed by atoms with Gasteiger partial charge in [-0.05, 0) is 26.0 Å². The van der Waals surface area contributed by atoms with Crippen molar-refractivity contribution in [3.05, 3.63) is 29.8 Å². The highest BCUT2D eigenvalue weighted by atomic mass is 32.2. The molecule has 0 saturated heterocycles. The predicted octanol–water partition coefficient (Wildman–Crippen LogP) is 1.11. The highest BCUT2D eigenvalue weighted by molar-refractivity contribution is 7.90. The Kier molecular flexibility index (Phi) is 5.52. The van der Waals surface area contributed by atoms with Gasteiger partial charge in [0.05, 0.1) is 0 Å². The monoisotopic (exact) mass is 301 g/mol. The number of carboxylic acid groups (broad SMARTS) is 1. The Hall–Kier alpha value is -1.60. The maximum atomic E-state index is 11.8. The van der Waals surface area contributed by atoms with Gasteiger partial charge in [0.15, 0.2) is 5.25 Å². The summed E-state index contributed by atoms with van der Waals surface area (Å²) in [6.07, 6.45) is 0. The maximum Gasteiger partial charge on any atom is 0.323 e. The molecule has 1 N–H and O–H groups in total. The van der Waals surface area contributed by atoms with Gasteiger partial charge in [-0.2, -0.15) is 0 Å². The summed E-state index contributed by atoms with van der Waals surface area (Å²) < 4.78 is 30.1. The van der Waals surface area contributed by atoms with Crippen molar-refractivity contribution in [1.82, 2.24) is 4.31 Å². The number of likely N-dealkylation sites (N-methyl/N-ethyl adjacent to an activating group) is 1. The minimum Gasteiger partial charge on any atom is -0.492 e. The van der Waals surface area contributed by atoms with E-state index >= 15 is 0 Å². The quantitative estimate of drug-likeness (QED) is 0.815. The first kappa shape index (κ1) is 16.5. The number of ether oxygens (including phenoxy) is 1. The van der Waals surface area contributed by atoms with Crippen LogP contribution in [0.5, 0.6) is 5.75 Å². The van der Waals surface area contributed by atoms with Crippen molar-refractivity contribution in [2.24, 2.45) is 0 Å². The molecule has 0 aliphatic rings. The number of benzene rings is 1. The van der Waals surface area contributed by atoms with E-state index in [1.807, 2.05) is 19.1 Å². The van der Waals surface area contributed by atoms with E-state index in [2.05, 4.69) is 0 Å². The van der Waals surface area contributed by atoms with Crippen LogP contribution in [0.15, 0.2) is 24.3 Å². The molecule has 0 aromatic heterocycles. The first-order valence-electron chi connectivity index (χ1n) is 6.12. The van der Waals surface area contributed by atoms with E-state index in [0.717, 1.165) is 16.8 Å². The summed E-state index contributed by atoms with van der Waals surface area (Å²) in [6.45, 7) is 3.35. The topological polar surface area (TPSA) is 83.9 Å². The molecular weight excluding hydrogens is 282 g/mol. The fourth-order valence-corrected chi connectivity index (χ4v) is 2.57. The Balaban J connectivity index is 2.53. The van der Waals surface area contributed by atoms with E-state index in [9.17, 15) is 13.2 Å². The number of carboxylic acids is 1. The molecular formula is C13H19NO5S. The molecule has 7 heteroatoms. The summed E-state index contributed by atoms with van der Waals surface area (Å²) in [5.41, 5.74) is 1.10. The van der Waals surface area contributed by atoms with Gasteiger partial charge in [-0.1, -0.05) is 17.7 Å².